The highest BCUT2D eigenvalue weighted by Gasteiger charge is 2.14. The largest absolute Gasteiger partial charge is 0.492 e. The number of aromatic hydroxyl groups is 2. The van der Waals surface area contributed by atoms with Crippen LogP contribution in [-0.4, -0.2) is 30.5 Å². The van der Waals surface area contributed by atoms with Gasteiger partial charge in [0.1, 0.15) is 0 Å². The van der Waals surface area contributed by atoms with Gasteiger partial charge in [0.15, 0.2) is 0 Å². The van der Waals surface area contributed by atoms with Crippen molar-refractivity contribution in [1.82, 2.24) is 14.3 Å². The third kappa shape index (κ3) is 4.01. The summed E-state index contributed by atoms with van der Waals surface area (Å²) in [6, 6.07) is 2.45. The maximum Gasteiger partial charge on any atom is 0.339 e. The quantitative estimate of drug-likeness (QED) is 0.839. The number of rotatable bonds is 6. The topological polar surface area (TPSA) is 89.5 Å². The van der Waals surface area contributed by atoms with Gasteiger partial charge in [0, 0.05) is 24.9 Å². The molecule has 0 amide bonds. The number of hydrogen-bond donors (Lipinski definition) is 2. The third-order valence-electron chi connectivity index (χ3n) is 2.97. The molecule has 0 unspecified atom stereocenters. The number of imidazole rings is 1. The Bertz CT molecular complexity index is 596. The van der Waals surface area contributed by atoms with E-state index in [1.54, 1.807) is 12.5 Å². The molecule has 2 rings (SSSR count). The zero-order chi connectivity index (χ0) is 15.4. The molecule has 21 heavy (non-hydrogen) atoms. The highest BCUT2D eigenvalue weighted by atomic mass is 16.7. The van der Waals surface area contributed by atoms with E-state index in [4.69, 9.17) is 4.84 Å². The molecule has 2 aromatic heterocycles. The highest BCUT2D eigenvalue weighted by Crippen LogP contribution is 2.18. The number of carbonyl (C=O) groups is 1. The Morgan fingerprint density at radius 3 is 2.62 bits per heavy atom. The zero-order valence-electron chi connectivity index (χ0n) is 12.1. The van der Waals surface area contributed by atoms with Crippen LogP contribution in [0.15, 0.2) is 24.7 Å². The first-order valence-corrected chi connectivity index (χ1v) is 6.77. The number of aryl methyl sites for hydroxylation is 1. The molecule has 2 aromatic rings. The maximum absolute atomic E-state index is 11.7. The van der Waals surface area contributed by atoms with Gasteiger partial charge in [0.05, 0.1) is 18.4 Å². The summed E-state index contributed by atoms with van der Waals surface area (Å²) in [6.45, 7) is 5.13. The van der Waals surface area contributed by atoms with Crippen molar-refractivity contribution >= 4 is 5.97 Å². The van der Waals surface area contributed by atoms with Crippen LogP contribution in [-0.2, 0) is 17.8 Å². The molecule has 0 atom stereocenters. The van der Waals surface area contributed by atoms with Gasteiger partial charge in [0.2, 0.25) is 11.8 Å². The van der Waals surface area contributed by atoms with Crippen LogP contribution in [0.1, 0.15) is 26.0 Å². The lowest BCUT2D eigenvalue weighted by molar-refractivity contribution is -0.144. The lowest BCUT2D eigenvalue weighted by atomic mass is 10.1. The second kappa shape index (κ2) is 6.34. The van der Waals surface area contributed by atoms with E-state index in [1.807, 2.05) is 4.57 Å². The molecule has 0 spiro atoms. The normalized spacial score (nSPS) is 11.0. The first-order valence-electron chi connectivity index (χ1n) is 6.77. The molecule has 0 aliphatic rings. The van der Waals surface area contributed by atoms with Crippen molar-refractivity contribution in [3.8, 4) is 11.8 Å². The van der Waals surface area contributed by atoms with Crippen LogP contribution in [0, 0.1) is 5.92 Å². The fourth-order valence-electron chi connectivity index (χ4n) is 1.80. The molecule has 7 heteroatoms. The lowest BCUT2D eigenvalue weighted by Gasteiger charge is -2.06. The van der Waals surface area contributed by atoms with Crippen LogP contribution in [0.25, 0.3) is 0 Å². The highest BCUT2D eigenvalue weighted by molar-refractivity contribution is 5.72. The van der Waals surface area contributed by atoms with Gasteiger partial charge in [-0.25, -0.2) is 9.78 Å². The molecule has 2 heterocycles. The van der Waals surface area contributed by atoms with Crippen LogP contribution in [0.2, 0.25) is 0 Å². The molecule has 0 bridgehead atoms. The van der Waals surface area contributed by atoms with E-state index in [1.165, 1.54) is 12.1 Å². The molecule has 2 N–H and O–H groups in total. The predicted molar refractivity (Wildman–Crippen MR) is 74.7 cm³/mol. The molecule has 0 aliphatic carbocycles. The summed E-state index contributed by atoms with van der Waals surface area (Å²) < 4.78 is 2.59. The second-order valence-corrected chi connectivity index (χ2v) is 5.27. The molecule has 0 saturated heterocycles. The van der Waals surface area contributed by atoms with E-state index in [-0.39, 0.29) is 18.2 Å². The second-order valence-electron chi connectivity index (χ2n) is 5.27. The van der Waals surface area contributed by atoms with Crippen molar-refractivity contribution in [1.29, 1.82) is 0 Å². The van der Waals surface area contributed by atoms with Gasteiger partial charge in [-0.1, -0.05) is 13.8 Å². The summed E-state index contributed by atoms with van der Waals surface area (Å²) >= 11 is 0. The van der Waals surface area contributed by atoms with E-state index in [0.29, 0.717) is 16.3 Å². The SMILES string of the molecule is CC(C)CCn1cnc(CC(=O)On2c(O)ccc2O)c1. The van der Waals surface area contributed by atoms with Crippen LogP contribution in [0.5, 0.6) is 11.8 Å². The Labute approximate surface area is 122 Å². The fourth-order valence-corrected chi connectivity index (χ4v) is 1.80. The molecule has 0 aromatic carbocycles. The molecular formula is C14H19N3O4. The van der Waals surface area contributed by atoms with Gasteiger partial charge in [-0.05, 0) is 12.3 Å². The lowest BCUT2D eigenvalue weighted by Crippen LogP contribution is -2.21. The van der Waals surface area contributed by atoms with Gasteiger partial charge in [-0.15, -0.1) is 4.73 Å². The first-order chi connectivity index (χ1) is 9.95. The molecular weight excluding hydrogens is 274 g/mol. The number of hydrogen-bond acceptors (Lipinski definition) is 5. The van der Waals surface area contributed by atoms with Crippen molar-refractivity contribution in [3.05, 3.63) is 30.4 Å². The molecule has 0 radical (unpaired) electrons. The Hall–Kier alpha value is -2.44. The minimum absolute atomic E-state index is 0.0360. The standard InChI is InChI=1S/C14H19N3O4/c1-10(2)5-6-16-8-11(15-9-16)7-14(20)21-17-12(18)3-4-13(17)19/h3-4,8-10,18-19H,5-7H2,1-2H3. The smallest absolute Gasteiger partial charge is 0.339 e. The summed E-state index contributed by atoms with van der Waals surface area (Å²) in [5.41, 5.74) is 0.579. The van der Waals surface area contributed by atoms with Gasteiger partial charge in [-0.3, -0.25) is 0 Å². The number of aromatic nitrogens is 3. The van der Waals surface area contributed by atoms with Crippen molar-refractivity contribution in [2.24, 2.45) is 5.92 Å². The monoisotopic (exact) mass is 293 g/mol. The van der Waals surface area contributed by atoms with Crippen LogP contribution < -0.4 is 4.84 Å². The van der Waals surface area contributed by atoms with Gasteiger partial charge in [0.25, 0.3) is 0 Å². The van der Waals surface area contributed by atoms with Crippen LogP contribution in [0.4, 0.5) is 0 Å². The average Bonchev–Trinajstić information content (AvgIpc) is 2.98. The van der Waals surface area contributed by atoms with Gasteiger partial charge in [-0.2, -0.15) is 0 Å². The summed E-state index contributed by atoms with van der Waals surface area (Å²) in [6.07, 6.45) is 4.46. The van der Waals surface area contributed by atoms with Gasteiger partial charge < -0.3 is 19.6 Å². The number of nitrogens with zero attached hydrogens (tertiary/aromatic N) is 3. The Balaban J connectivity index is 1.91. The molecule has 0 aliphatic heterocycles. The molecule has 0 saturated carbocycles. The Morgan fingerprint density at radius 2 is 2.00 bits per heavy atom. The van der Waals surface area contributed by atoms with Crippen molar-refractivity contribution in [2.75, 3.05) is 0 Å². The molecule has 0 fully saturated rings. The number of carbonyl (C=O) groups excluding carboxylic acids is 1. The average molecular weight is 293 g/mol. The summed E-state index contributed by atoms with van der Waals surface area (Å²) in [4.78, 5) is 20.7. The summed E-state index contributed by atoms with van der Waals surface area (Å²) in [7, 11) is 0. The predicted octanol–water partition coefficient (Wildman–Crippen LogP) is 1.34. The summed E-state index contributed by atoms with van der Waals surface area (Å²) in [5.74, 6) is -0.710. The summed E-state index contributed by atoms with van der Waals surface area (Å²) in [5, 5.41) is 18.8. The first kappa shape index (κ1) is 15.0. The van der Waals surface area contributed by atoms with Crippen LogP contribution >= 0.6 is 0 Å². The minimum atomic E-state index is -0.620. The van der Waals surface area contributed by atoms with E-state index in [9.17, 15) is 15.0 Å². The zero-order valence-corrected chi connectivity index (χ0v) is 12.1. The van der Waals surface area contributed by atoms with E-state index < -0.39 is 5.97 Å². The minimum Gasteiger partial charge on any atom is -0.492 e. The van der Waals surface area contributed by atoms with Gasteiger partial charge >= 0.3 is 5.97 Å². The molecule has 114 valence electrons. The fraction of sp³-hybridized carbons (Fsp3) is 0.429. The van der Waals surface area contributed by atoms with Crippen molar-refractivity contribution < 1.29 is 19.8 Å². The van der Waals surface area contributed by atoms with E-state index in [0.717, 1.165) is 13.0 Å². The van der Waals surface area contributed by atoms with Crippen LogP contribution in [0.3, 0.4) is 0 Å². The Kier molecular flexibility index (Phi) is 4.52. The molecule has 7 nitrogen and oxygen atoms in total. The van der Waals surface area contributed by atoms with Crippen molar-refractivity contribution in [2.45, 2.75) is 33.2 Å². The van der Waals surface area contributed by atoms with Crippen molar-refractivity contribution in [3.63, 3.8) is 0 Å². The maximum atomic E-state index is 11.7. The van der Waals surface area contributed by atoms with E-state index >= 15 is 0 Å². The Morgan fingerprint density at radius 1 is 1.33 bits per heavy atom. The third-order valence-corrected chi connectivity index (χ3v) is 2.97. The van der Waals surface area contributed by atoms with E-state index in [2.05, 4.69) is 18.8 Å².